The Labute approximate surface area is 83.7 Å². The van der Waals surface area contributed by atoms with Gasteiger partial charge in [-0.2, -0.15) is 0 Å². The molecule has 1 aromatic heterocycles. The van der Waals surface area contributed by atoms with Crippen molar-refractivity contribution in [1.29, 1.82) is 0 Å². The van der Waals surface area contributed by atoms with Crippen LogP contribution in [0.15, 0.2) is 18.3 Å². The van der Waals surface area contributed by atoms with Gasteiger partial charge < -0.3 is 10.6 Å². The van der Waals surface area contributed by atoms with E-state index in [9.17, 15) is 4.79 Å². The van der Waals surface area contributed by atoms with Crippen molar-refractivity contribution in [2.75, 3.05) is 18.9 Å². The van der Waals surface area contributed by atoms with Crippen LogP contribution in [0.1, 0.15) is 23.7 Å². The van der Waals surface area contributed by atoms with Gasteiger partial charge in [-0.3, -0.25) is 4.79 Å². The number of hydrogen-bond donors (Lipinski definition) is 2. The molecule has 0 spiro atoms. The Kier molecular flexibility index (Phi) is 3.91. The van der Waals surface area contributed by atoms with Crippen LogP contribution < -0.4 is 10.6 Å². The molecule has 0 bridgehead atoms. The molecule has 4 heteroatoms. The van der Waals surface area contributed by atoms with E-state index in [4.69, 9.17) is 0 Å². The topological polar surface area (TPSA) is 54.0 Å². The SMILES string of the molecule is CCCNc1ccc(C(=O)NC)cn1. The molecule has 2 N–H and O–H groups in total. The number of nitrogens with one attached hydrogen (secondary N) is 2. The van der Waals surface area contributed by atoms with E-state index in [2.05, 4.69) is 22.5 Å². The molecule has 0 saturated carbocycles. The van der Waals surface area contributed by atoms with E-state index in [1.54, 1.807) is 25.4 Å². The summed E-state index contributed by atoms with van der Waals surface area (Å²) in [5, 5.41) is 5.68. The van der Waals surface area contributed by atoms with Crippen LogP contribution in [0.5, 0.6) is 0 Å². The lowest BCUT2D eigenvalue weighted by Crippen LogP contribution is -2.18. The molecule has 1 rings (SSSR count). The maximum absolute atomic E-state index is 11.2. The highest BCUT2D eigenvalue weighted by molar-refractivity contribution is 5.93. The predicted octanol–water partition coefficient (Wildman–Crippen LogP) is 1.26. The largest absolute Gasteiger partial charge is 0.370 e. The third-order valence-electron chi connectivity index (χ3n) is 1.81. The fourth-order valence-electron chi connectivity index (χ4n) is 1.03. The molecule has 1 amide bonds. The molecule has 0 saturated heterocycles. The van der Waals surface area contributed by atoms with Crippen molar-refractivity contribution in [3.8, 4) is 0 Å². The van der Waals surface area contributed by atoms with Crippen molar-refractivity contribution in [2.24, 2.45) is 0 Å². The van der Waals surface area contributed by atoms with Gasteiger partial charge in [-0.05, 0) is 18.6 Å². The quantitative estimate of drug-likeness (QED) is 0.757. The number of hydrogen-bond acceptors (Lipinski definition) is 3. The first-order valence-electron chi connectivity index (χ1n) is 4.70. The lowest BCUT2D eigenvalue weighted by molar-refractivity contribution is 0.0963. The molecule has 0 unspecified atom stereocenters. The van der Waals surface area contributed by atoms with Gasteiger partial charge in [-0.15, -0.1) is 0 Å². The molecular weight excluding hydrogens is 178 g/mol. The summed E-state index contributed by atoms with van der Waals surface area (Å²) >= 11 is 0. The molecule has 0 radical (unpaired) electrons. The molecule has 1 aromatic rings. The van der Waals surface area contributed by atoms with Crippen molar-refractivity contribution in [2.45, 2.75) is 13.3 Å². The van der Waals surface area contributed by atoms with Crippen LogP contribution in [-0.2, 0) is 0 Å². The van der Waals surface area contributed by atoms with Crippen LogP contribution >= 0.6 is 0 Å². The molecule has 0 aliphatic rings. The zero-order valence-corrected chi connectivity index (χ0v) is 8.50. The second-order valence-corrected chi connectivity index (χ2v) is 2.94. The minimum atomic E-state index is -0.112. The number of carbonyl (C=O) groups is 1. The van der Waals surface area contributed by atoms with Gasteiger partial charge >= 0.3 is 0 Å². The Morgan fingerprint density at radius 1 is 1.50 bits per heavy atom. The Morgan fingerprint density at radius 2 is 2.29 bits per heavy atom. The lowest BCUT2D eigenvalue weighted by Gasteiger charge is -2.04. The molecule has 4 nitrogen and oxygen atoms in total. The van der Waals surface area contributed by atoms with Crippen molar-refractivity contribution < 1.29 is 4.79 Å². The number of nitrogens with zero attached hydrogens (tertiary/aromatic N) is 1. The normalized spacial score (nSPS) is 9.57. The molecule has 0 aromatic carbocycles. The Hall–Kier alpha value is -1.58. The summed E-state index contributed by atoms with van der Waals surface area (Å²) in [5.74, 6) is 0.694. The van der Waals surface area contributed by atoms with Gasteiger partial charge in [0.25, 0.3) is 5.91 Å². The summed E-state index contributed by atoms with van der Waals surface area (Å²) in [6.45, 7) is 2.98. The van der Waals surface area contributed by atoms with Gasteiger partial charge in [-0.1, -0.05) is 6.92 Å². The van der Waals surface area contributed by atoms with Crippen molar-refractivity contribution in [3.63, 3.8) is 0 Å². The molecule has 0 aliphatic heterocycles. The maximum atomic E-state index is 11.2. The number of anilines is 1. The molecule has 0 fully saturated rings. The van der Waals surface area contributed by atoms with Gasteiger partial charge in [0, 0.05) is 19.8 Å². The van der Waals surface area contributed by atoms with Crippen LogP contribution in [0, 0.1) is 0 Å². The van der Waals surface area contributed by atoms with E-state index < -0.39 is 0 Å². The number of carbonyl (C=O) groups excluding carboxylic acids is 1. The van der Waals surface area contributed by atoms with Gasteiger partial charge in [-0.25, -0.2) is 4.98 Å². The Bertz CT molecular complexity index is 295. The Balaban J connectivity index is 2.63. The first-order chi connectivity index (χ1) is 6.77. The van der Waals surface area contributed by atoms with Crippen molar-refractivity contribution in [3.05, 3.63) is 23.9 Å². The zero-order valence-electron chi connectivity index (χ0n) is 8.50. The standard InChI is InChI=1S/C10H15N3O/c1-3-6-12-9-5-4-8(7-13-9)10(14)11-2/h4-5,7H,3,6H2,1-2H3,(H,11,14)(H,12,13). The zero-order chi connectivity index (χ0) is 10.4. The summed E-state index contributed by atoms with van der Waals surface area (Å²) in [7, 11) is 1.60. The van der Waals surface area contributed by atoms with E-state index in [0.717, 1.165) is 18.8 Å². The molecule has 14 heavy (non-hydrogen) atoms. The lowest BCUT2D eigenvalue weighted by atomic mass is 10.2. The van der Waals surface area contributed by atoms with E-state index in [-0.39, 0.29) is 5.91 Å². The number of pyridine rings is 1. The summed E-state index contributed by atoms with van der Waals surface area (Å²) < 4.78 is 0. The number of aromatic nitrogens is 1. The van der Waals surface area contributed by atoms with E-state index in [1.165, 1.54) is 0 Å². The highest BCUT2D eigenvalue weighted by atomic mass is 16.1. The highest BCUT2D eigenvalue weighted by Crippen LogP contribution is 2.04. The van der Waals surface area contributed by atoms with Crippen LogP contribution in [0.4, 0.5) is 5.82 Å². The fourth-order valence-corrected chi connectivity index (χ4v) is 1.03. The average molecular weight is 193 g/mol. The number of rotatable bonds is 4. The molecule has 1 heterocycles. The van der Waals surface area contributed by atoms with Crippen LogP contribution in [-0.4, -0.2) is 24.5 Å². The molecular formula is C10H15N3O. The monoisotopic (exact) mass is 193 g/mol. The average Bonchev–Trinajstić information content (AvgIpc) is 2.26. The second kappa shape index (κ2) is 5.21. The number of amides is 1. The van der Waals surface area contributed by atoms with Gasteiger partial charge in [0.2, 0.25) is 0 Å². The highest BCUT2D eigenvalue weighted by Gasteiger charge is 2.02. The van der Waals surface area contributed by atoms with Gasteiger partial charge in [0.05, 0.1) is 5.56 Å². The maximum Gasteiger partial charge on any atom is 0.252 e. The summed E-state index contributed by atoms with van der Waals surface area (Å²) in [6.07, 6.45) is 2.62. The first kappa shape index (κ1) is 10.5. The molecule has 0 aliphatic carbocycles. The van der Waals surface area contributed by atoms with E-state index in [0.29, 0.717) is 5.56 Å². The van der Waals surface area contributed by atoms with E-state index >= 15 is 0 Å². The van der Waals surface area contributed by atoms with Crippen LogP contribution in [0.25, 0.3) is 0 Å². The van der Waals surface area contributed by atoms with Crippen LogP contribution in [0.3, 0.4) is 0 Å². The predicted molar refractivity (Wildman–Crippen MR) is 56.4 cm³/mol. The Morgan fingerprint density at radius 3 is 2.79 bits per heavy atom. The smallest absolute Gasteiger partial charge is 0.252 e. The van der Waals surface area contributed by atoms with Crippen molar-refractivity contribution >= 4 is 11.7 Å². The molecule has 76 valence electrons. The van der Waals surface area contributed by atoms with E-state index in [1.807, 2.05) is 0 Å². The first-order valence-corrected chi connectivity index (χ1v) is 4.70. The third-order valence-corrected chi connectivity index (χ3v) is 1.81. The minimum Gasteiger partial charge on any atom is -0.370 e. The van der Waals surface area contributed by atoms with Gasteiger partial charge in [0.15, 0.2) is 0 Å². The summed E-state index contributed by atoms with van der Waals surface area (Å²) in [6, 6.07) is 3.56. The second-order valence-electron chi connectivity index (χ2n) is 2.94. The van der Waals surface area contributed by atoms with Gasteiger partial charge in [0.1, 0.15) is 5.82 Å². The third kappa shape index (κ3) is 2.73. The summed E-state index contributed by atoms with van der Waals surface area (Å²) in [5.41, 5.74) is 0.578. The summed E-state index contributed by atoms with van der Waals surface area (Å²) in [4.78, 5) is 15.3. The molecule has 0 atom stereocenters. The fraction of sp³-hybridized carbons (Fsp3) is 0.400. The van der Waals surface area contributed by atoms with Crippen molar-refractivity contribution in [1.82, 2.24) is 10.3 Å². The minimum absolute atomic E-state index is 0.112. The van der Waals surface area contributed by atoms with Crippen LogP contribution in [0.2, 0.25) is 0 Å².